The van der Waals surface area contributed by atoms with Crippen LogP contribution in [0, 0.1) is 12.8 Å². The maximum atomic E-state index is 5.87. The Morgan fingerprint density at radius 1 is 1.21 bits per heavy atom. The van der Waals surface area contributed by atoms with Crippen molar-refractivity contribution in [2.24, 2.45) is 11.7 Å². The van der Waals surface area contributed by atoms with Gasteiger partial charge in [-0.05, 0) is 25.0 Å². The lowest BCUT2D eigenvalue weighted by molar-refractivity contribution is 0.259. The fourth-order valence-electron chi connectivity index (χ4n) is 1.02. The molecule has 1 aromatic rings. The molecule has 78 valence electrons. The van der Waals surface area contributed by atoms with Gasteiger partial charge in [-0.2, -0.15) is 0 Å². The van der Waals surface area contributed by atoms with Crippen LogP contribution >= 0.6 is 0 Å². The summed E-state index contributed by atoms with van der Waals surface area (Å²) in [6, 6.07) is 8.13. The zero-order valence-electron chi connectivity index (χ0n) is 9.16. The number of benzene rings is 1. The van der Waals surface area contributed by atoms with E-state index in [1.165, 1.54) is 5.56 Å². The second-order valence-electron chi connectivity index (χ2n) is 4.03. The van der Waals surface area contributed by atoms with Crippen LogP contribution in [0.25, 0.3) is 0 Å². The average Bonchev–Trinajstić information content (AvgIpc) is 2.16. The largest absolute Gasteiger partial charge is 0.492 e. The maximum absolute atomic E-state index is 5.87. The molecule has 0 aliphatic rings. The summed E-state index contributed by atoms with van der Waals surface area (Å²) in [6.45, 7) is 6.84. The minimum absolute atomic E-state index is 0.108. The minimum Gasteiger partial charge on any atom is -0.492 e. The van der Waals surface area contributed by atoms with E-state index in [2.05, 4.69) is 20.8 Å². The summed E-state index contributed by atoms with van der Waals surface area (Å²) in [4.78, 5) is 0. The molecule has 1 atom stereocenters. The van der Waals surface area contributed by atoms with Crippen molar-refractivity contribution in [3.05, 3.63) is 29.8 Å². The normalized spacial score (nSPS) is 12.9. The van der Waals surface area contributed by atoms with E-state index < -0.39 is 0 Å². The first-order valence-electron chi connectivity index (χ1n) is 5.04. The Labute approximate surface area is 86.1 Å². The third-order valence-electron chi connectivity index (χ3n) is 2.32. The predicted octanol–water partition coefficient (Wildman–Crippen LogP) is 2.36. The van der Waals surface area contributed by atoms with E-state index in [-0.39, 0.29) is 6.04 Å². The molecule has 0 saturated carbocycles. The van der Waals surface area contributed by atoms with Gasteiger partial charge < -0.3 is 10.5 Å². The average molecular weight is 193 g/mol. The highest BCUT2D eigenvalue weighted by Gasteiger charge is 2.07. The summed E-state index contributed by atoms with van der Waals surface area (Å²) >= 11 is 0. The van der Waals surface area contributed by atoms with Crippen molar-refractivity contribution >= 4 is 0 Å². The van der Waals surface area contributed by atoms with Gasteiger partial charge in [0.1, 0.15) is 12.4 Å². The zero-order chi connectivity index (χ0) is 10.6. The van der Waals surface area contributed by atoms with Crippen molar-refractivity contribution in [2.45, 2.75) is 26.8 Å². The molecule has 0 bridgehead atoms. The lowest BCUT2D eigenvalue weighted by Crippen LogP contribution is -2.32. The maximum Gasteiger partial charge on any atom is 0.119 e. The molecule has 0 fully saturated rings. The fourth-order valence-corrected chi connectivity index (χ4v) is 1.02. The van der Waals surface area contributed by atoms with Gasteiger partial charge in [-0.15, -0.1) is 0 Å². The van der Waals surface area contributed by atoms with Crippen LogP contribution in [-0.4, -0.2) is 12.6 Å². The van der Waals surface area contributed by atoms with E-state index in [0.717, 1.165) is 5.75 Å². The van der Waals surface area contributed by atoms with Gasteiger partial charge in [0, 0.05) is 6.04 Å². The zero-order valence-corrected chi connectivity index (χ0v) is 9.16. The van der Waals surface area contributed by atoms with Gasteiger partial charge in [-0.1, -0.05) is 31.5 Å². The van der Waals surface area contributed by atoms with Crippen LogP contribution in [0.3, 0.4) is 0 Å². The van der Waals surface area contributed by atoms with Crippen LogP contribution in [0.15, 0.2) is 24.3 Å². The van der Waals surface area contributed by atoms with E-state index >= 15 is 0 Å². The van der Waals surface area contributed by atoms with Gasteiger partial charge in [-0.25, -0.2) is 0 Å². The Kier molecular flexibility index (Phi) is 3.96. The summed E-state index contributed by atoms with van der Waals surface area (Å²) in [5, 5.41) is 0. The number of rotatable bonds is 4. The van der Waals surface area contributed by atoms with Crippen molar-refractivity contribution in [1.82, 2.24) is 0 Å². The van der Waals surface area contributed by atoms with Gasteiger partial charge in [0.05, 0.1) is 0 Å². The summed E-state index contributed by atoms with van der Waals surface area (Å²) in [7, 11) is 0. The highest BCUT2D eigenvalue weighted by molar-refractivity contribution is 5.26. The summed E-state index contributed by atoms with van der Waals surface area (Å²) in [5.41, 5.74) is 7.11. The highest BCUT2D eigenvalue weighted by atomic mass is 16.5. The second-order valence-corrected chi connectivity index (χ2v) is 4.03. The Balaban J connectivity index is 2.42. The molecule has 1 rings (SSSR count). The standard InChI is InChI=1S/C12H19NO/c1-9(2)12(13)8-14-11-6-4-10(3)5-7-11/h4-7,9,12H,8,13H2,1-3H3/t12-/m0/s1. The molecule has 2 nitrogen and oxygen atoms in total. The smallest absolute Gasteiger partial charge is 0.119 e. The van der Waals surface area contributed by atoms with Gasteiger partial charge in [0.2, 0.25) is 0 Å². The molecule has 0 unspecified atom stereocenters. The first kappa shape index (κ1) is 11.1. The first-order valence-corrected chi connectivity index (χ1v) is 5.04. The lowest BCUT2D eigenvalue weighted by atomic mass is 10.1. The molecule has 0 saturated heterocycles. The molecule has 0 aliphatic heterocycles. The molecule has 0 spiro atoms. The molecular formula is C12H19NO. The van der Waals surface area contributed by atoms with E-state index in [1.54, 1.807) is 0 Å². The quantitative estimate of drug-likeness (QED) is 0.796. The van der Waals surface area contributed by atoms with E-state index in [9.17, 15) is 0 Å². The first-order chi connectivity index (χ1) is 6.59. The Morgan fingerprint density at radius 2 is 1.79 bits per heavy atom. The Hall–Kier alpha value is -1.02. The SMILES string of the molecule is Cc1ccc(OC[C@H](N)C(C)C)cc1. The Morgan fingerprint density at radius 3 is 2.29 bits per heavy atom. The van der Waals surface area contributed by atoms with Gasteiger partial charge in [-0.3, -0.25) is 0 Å². The molecule has 0 aliphatic carbocycles. The fraction of sp³-hybridized carbons (Fsp3) is 0.500. The third-order valence-corrected chi connectivity index (χ3v) is 2.32. The minimum atomic E-state index is 0.108. The monoisotopic (exact) mass is 193 g/mol. The summed E-state index contributed by atoms with van der Waals surface area (Å²) in [6.07, 6.45) is 0. The molecule has 2 N–H and O–H groups in total. The van der Waals surface area contributed by atoms with E-state index in [0.29, 0.717) is 12.5 Å². The molecule has 0 heterocycles. The molecule has 0 aromatic heterocycles. The Bertz CT molecular complexity index is 266. The summed E-state index contributed by atoms with van der Waals surface area (Å²) in [5.74, 6) is 1.35. The number of aryl methyl sites for hydroxylation is 1. The molecule has 0 amide bonds. The van der Waals surface area contributed by atoms with Crippen molar-refractivity contribution in [3.8, 4) is 5.75 Å². The van der Waals surface area contributed by atoms with Gasteiger partial charge in [0.15, 0.2) is 0 Å². The van der Waals surface area contributed by atoms with Crippen LogP contribution < -0.4 is 10.5 Å². The lowest BCUT2D eigenvalue weighted by Gasteiger charge is -2.16. The van der Waals surface area contributed by atoms with E-state index in [1.807, 2.05) is 24.3 Å². The van der Waals surface area contributed by atoms with E-state index in [4.69, 9.17) is 10.5 Å². The molecule has 0 radical (unpaired) electrons. The topological polar surface area (TPSA) is 35.2 Å². The number of nitrogens with two attached hydrogens (primary N) is 1. The van der Waals surface area contributed by atoms with Crippen LogP contribution in [0.5, 0.6) is 5.75 Å². The number of hydrogen-bond acceptors (Lipinski definition) is 2. The third kappa shape index (κ3) is 3.38. The predicted molar refractivity (Wildman–Crippen MR) is 59.5 cm³/mol. The molecule has 1 aromatic carbocycles. The van der Waals surface area contributed by atoms with Crippen molar-refractivity contribution < 1.29 is 4.74 Å². The summed E-state index contributed by atoms with van der Waals surface area (Å²) < 4.78 is 5.56. The van der Waals surface area contributed by atoms with Crippen LogP contribution in [0.4, 0.5) is 0 Å². The van der Waals surface area contributed by atoms with Crippen LogP contribution in [-0.2, 0) is 0 Å². The van der Waals surface area contributed by atoms with Crippen molar-refractivity contribution in [3.63, 3.8) is 0 Å². The molecule has 14 heavy (non-hydrogen) atoms. The van der Waals surface area contributed by atoms with Crippen molar-refractivity contribution in [2.75, 3.05) is 6.61 Å². The highest BCUT2D eigenvalue weighted by Crippen LogP contribution is 2.12. The van der Waals surface area contributed by atoms with Gasteiger partial charge >= 0.3 is 0 Å². The second kappa shape index (κ2) is 5.01. The van der Waals surface area contributed by atoms with Crippen LogP contribution in [0.2, 0.25) is 0 Å². The molecular weight excluding hydrogens is 174 g/mol. The number of hydrogen-bond donors (Lipinski definition) is 1. The molecule has 2 heteroatoms. The van der Waals surface area contributed by atoms with Gasteiger partial charge in [0.25, 0.3) is 0 Å². The number of ether oxygens (including phenoxy) is 1. The van der Waals surface area contributed by atoms with Crippen LogP contribution in [0.1, 0.15) is 19.4 Å². The van der Waals surface area contributed by atoms with Crippen molar-refractivity contribution in [1.29, 1.82) is 0 Å².